The number of hydrogen-bond donors (Lipinski definition) is 1. The van der Waals surface area contributed by atoms with Crippen LogP contribution in [-0.2, 0) is 10.5 Å². The largest absolute Gasteiger partial charge is 0.323 e. The molecule has 2 rings (SSSR count). The molecule has 0 fully saturated rings. The summed E-state index contributed by atoms with van der Waals surface area (Å²) in [4.78, 5) is 11.6. The maximum atomic E-state index is 13.4. The number of halogens is 3. The second kappa shape index (κ2) is 7.17. The molecule has 0 spiro atoms. The van der Waals surface area contributed by atoms with Gasteiger partial charge in [0.05, 0.1) is 11.4 Å². The van der Waals surface area contributed by atoms with Crippen molar-refractivity contribution < 1.29 is 18.0 Å². The molecule has 0 bridgehead atoms. The molecule has 0 radical (unpaired) electrons. The number of nitrogens with one attached hydrogen (secondary N) is 1. The number of benzene rings is 2. The highest BCUT2D eigenvalue weighted by atomic mass is 32.2. The van der Waals surface area contributed by atoms with Crippen molar-refractivity contribution in [2.75, 3.05) is 11.1 Å². The summed E-state index contributed by atoms with van der Waals surface area (Å²) in [6.45, 7) is 0. The molecule has 1 amide bonds. The third-order valence-corrected chi connectivity index (χ3v) is 3.63. The normalized spacial score (nSPS) is 10.4. The molecule has 0 heterocycles. The summed E-state index contributed by atoms with van der Waals surface area (Å²) in [6.07, 6.45) is 0. The Morgan fingerprint density at radius 3 is 2.57 bits per heavy atom. The molecule has 110 valence electrons. The minimum Gasteiger partial charge on any atom is -0.323 e. The number of carbonyl (C=O) groups excluding carboxylic acids is 1. The molecule has 0 aromatic heterocycles. The van der Waals surface area contributed by atoms with E-state index in [0.717, 1.165) is 18.2 Å². The van der Waals surface area contributed by atoms with Crippen LogP contribution in [0.5, 0.6) is 0 Å². The van der Waals surface area contributed by atoms with Crippen molar-refractivity contribution in [1.82, 2.24) is 0 Å². The fraction of sp³-hybridized carbons (Fsp3) is 0.133. The zero-order valence-corrected chi connectivity index (χ0v) is 11.7. The van der Waals surface area contributed by atoms with Gasteiger partial charge in [-0.3, -0.25) is 4.79 Å². The van der Waals surface area contributed by atoms with Crippen LogP contribution in [0.3, 0.4) is 0 Å². The van der Waals surface area contributed by atoms with Gasteiger partial charge in [-0.05, 0) is 23.8 Å². The van der Waals surface area contributed by atoms with Crippen molar-refractivity contribution in [3.05, 3.63) is 65.5 Å². The molecule has 6 heteroatoms. The molecule has 0 aliphatic carbocycles. The maximum absolute atomic E-state index is 13.4. The number of thioether (sulfide) groups is 1. The average molecular weight is 311 g/mol. The van der Waals surface area contributed by atoms with E-state index in [9.17, 15) is 18.0 Å². The second-order valence-corrected chi connectivity index (χ2v) is 5.24. The highest BCUT2D eigenvalue weighted by Gasteiger charge is 2.09. The second-order valence-electron chi connectivity index (χ2n) is 4.26. The van der Waals surface area contributed by atoms with Gasteiger partial charge in [-0.25, -0.2) is 13.2 Å². The summed E-state index contributed by atoms with van der Waals surface area (Å²) in [7, 11) is 0. The lowest BCUT2D eigenvalue weighted by molar-refractivity contribution is -0.113. The van der Waals surface area contributed by atoms with Crippen LogP contribution in [0.25, 0.3) is 0 Å². The van der Waals surface area contributed by atoms with Gasteiger partial charge in [0.15, 0.2) is 0 Å². The summed E-state index contributed by atoms with van der Waals surface area (Å²) in [5.41, 5.74) is 0.290. The number of carbonyl (C=O) groups is 1. The van der Waals surface area contributed by atoms with E-state index >= 15 is 0 Å². The molecular weight excluding hydrogens is 299 g/mol. The van der Waals surface area contributed by atoms with Crippen LogP contribution in [0.15, 0.2) is 42.5 Å². The van der Waals surface area contributed by atoms with E-state index in [0.29, 0.717) is 11.3 Å². The Morgan fingerprint density at radius 1 is 1.05 bits per heavy atom. The quantitative estimate of drug-likeness (QED) is 0.905. The van der Waals surface area contributed by atoms with Crippen molar-refractivity contribution >= 4 is 23.4 Å². The van der Waals surface area contributed by atoms with E-state index in [1.54, 1.807) is 18.2 Å². The highest BCUT2D eigenvalue weighted by Crippen LogP contribution is 2.18. The SMILES string of the molecule is O=C(CSCc1ccccc1F)Nc1cc(F)ccc1F. The predicted molar refractivity (Wildman–Crippen MR) is 77.5 cm³/mol. The van der Waals surface area contributed by atoms with Crippen LogP contribution in [-0.4, -0.2) is 11.7 Å². The molecule has 0 saturated carbocycles. The average Bonchev–Trinajstić information content (AvgIpc) is 2.45. The molecule has 0 aliphatic heterocycles. The zero-order chi connectivity index (χ0) is 15.2. The summed E-state index contributed by atoms with van der Waals surface area (Å²) < 4.78 is 39.6. The molecule has 0 unspecified atom stereocenters. The van der Waals surface area contributed by atoms with Crippen LogP contribution < -0.4 is 5.32 Å². The van der Waals surface area contributed by atoms with Crippen LogP contribution in [0.1, 0.15) is 5.56 Å². The summed E-state index contributed by atoms with van der Waals surface area (Å²) in [5.74, 6) is -1.80. The Balaban J connectivity index is 1.85. The van der Waals surface area contributed by atoms with Crippen LogP contribution in [0.4, 0.5) is 18.9 Å². The van der Waals surface area contributed by atoms with Gasteiger partial charge >= 0.3 is 0 Å². The lowest BCUT2D eigenvalue weighted by atomic mass is 10.2. The maximum Gasteiger partial charge on any atom is 0.234 e. The molecule has 2 nitrogen and oxygen atoms in total. The summed E-state index contributed by atoms with van der Waals surface area (Å²) in [6, 6.07) is 9.10. The van der Waals surface area contributed by atoms with E-state index in [1.807, 2.05) is 0 Å². The minimum atomic E-state index is -0.705. The highest BCUT2D eigenvalue weighted by molar-refractivity contribution is 7.99. The van der Waals surface area contributed by atoms with E-state index in [1.165, 1.54) is 17.8 Å². The third kappa shape index (κ3) is 4.53. The molecule has 0 atom stereocenters. The molecule has 1 N–H and O–H groups in total. The number of rotatable bonds is 5. The number of anilines is 1. The molecule has 0 saturated heterocycles. The van der Waals surface area contributed by atoms with Gasteiger partial charge in [-0.2, -0.15) is 0 Å². The van der Waals surface area contributed by atoms with E-state index in [-0.39, 0.29) is 17.3 Å². The van der Waals surface area contributed by atoms with Crippen molar-refractivity contribution in [3.8, 4) is 0 Å². The van der Waals surface area contributed by atoms with E-state index in [2.05, 4.69) is 5.32 Å². The predicted octanol–water partition coefficient (Wildman–Crippen LogP) is 3.98. The summed E-state index contributed by atoms with van der Waals surface area (Å²) in [5, 5.41) is 2.28. The van der Waals surface area contributed by atoms with Gasteiger partial charge < -0.3 is 5.32 Å². The fourth-order valence-corrected chi connectivity index (χ4v) is 2.46. The molecule has 0 aliphatic rings. The van der Waals surface area contributed by atoms with Crippen LogP contribution in [0.2, 0.25) is 0 Å². The minimum absolute atomic E-state index is 0.0181. The first-order valence-electron chi connectivity index (χ1n) is 6.12. The fourth-order valence-electron chi connectivity index (χ4n) is 1.65. The van der Waals surface area contributed by atoms with Crippen molar-refractivity contribution in [1.29, 1.82) is 0 Å². The topological polar surface area (TPSA) is 29.1 Å². The van der Waals surface area contributed by atoms with Crippen molar-refractivity contribution in [2.24, 2.45) is 0 Å². The zero-order valence-electron chi connectivity index (χ0n) is 10.9. The van der Waals surface area contributed by atoms with Crippen molar-refractivity contribution in [3.63, 3.8) is 0 Å². The van der Waals surface area contributed by atoms with Crippen LogP contribution in [0, 0.1) is 17.5 Å². The van der Waals surface area contributed by atoms with Gasteiger partial charge in [0.25, 0.3) is 0 Å². The Bertz CT molecular complexity index is 649. The molecule has 2 aromatic carbocycles. The lowest BCUT2D eigenvalue weighted by Crippen LogP contribution is -2.15. The van der Waals surface area contributed by atoms with Gasteiger partial charge in [0.1, 0.15) is 17.5 Å². The first kappa shape index (κ1) is 15.4. The molecule has 21 heavy (non-hydrogen) atoms. The Morgan fingerprint density at radius 2 is 1.81 bits per heavy atom. The molecule has 2 aromatic rings. The first-order chi connectivity index (χ1) is 10.1. The monoisotopic (exact) mass is 311 g/mol. The van der Waals surface area contributed by atoms with Gasteiger partial charge in [-0.15, -0.1) is 11.8 Å². The van der Waals surface area contributed by atoms with Gasteiger partial charge in [0, 0.05) is 11.8 Å². The third-order valence-electron chi connectivity index (χ3n) is 2.65. The lowest BCUT2D eigenvalue weighted by Gasteiger charge is -2.07. The number of amides is 1. The standard InChI is InChI=1S/C15H12F3NOS/c16-11-5-6-13(18)14(7-11)19-15(20)9-21-8-10-3-1-2-4-12(10)17/h1-7H,8-9H2,(H,19,20). The molecular formula is C15H12F3NOS. The Hall–Kier alpha value is -1.95. The van der Waals surface area contributed by atoms with E-state index < -0.39 is 17.5 Å². The van der Waals surface area contributed by atoms with Crippen LogP contribution >= 0.6 is 11.8 Å². The van der Waals surface area contributed by atoms with Gasteiger partial charge in [-0.1, -0.05) is 18.2 Å². The Kier molecular flexibility index (Phi) is 5.27. The van der Waals surface area contributed by atoms with Crippen molar-refractivity contribution in [2.45, 2.75) is 5.75 Å². The first-order valence-corrected chi connectivity index (χ1v) is 7.28. The smallest absolute Gasteiger partial charge is 0.234 e. The Labute approximate surface area is 124 Å². The summed E-state index contributed by atoms with van der Waals surface area (Å²) >= 11 is 1.19. The van der Waals surface area contributed by atoms with E-state index in [4.69, 9.17) is 0 Å². The van der Waals surface area contributed by atoms with Gasteiger partial charge in [0.2, 0.25) is 5.91 Å². The number of hydrogen-bond acceptors (Lipinski definition) is 2.